The minimum absolute atomic E-state index is 0.182. The molecule has 0 bridgehead atoms. The molecule has 3 aromatic carbocycles. The van der Waals surface area contributed by atoms with E-state index in [4.69, 9.17) is 0 Å². The zero-order valence-electron chi connectivity index (χ0n) is 19.7. The number of piperidine rings is 1. The van der Waals surface area contributed by atoms with Gasteiger partial charge in [0.25, 0.3) is 5.91 Å². The number of nitrogens with zero attached hydrogens (tertiary/aromatic N) is 1. The highest BCUT2D eigenvalue weighted by atomic mass is 19.1. The molecule has 0 aliphatic carbocycles. The van der Waals surface area contributed by atoms with E-state index in [9.17, 15) is 14.3 Å². The van der Waals surface area contributed by atoms with Gasteiger partial charge >= 0.3 is 0 Å². The Kier molecular flexibility index (Phi) is 6.86. The SMILES string of the molecule is O=C(Nc1ccc(Nc2ccc(Nc3ccc(N4CCC(O)CC4)cc3)cc2)c(F)c1)c1ccc[nH]1. The number of halogens is 1. The van der Waals surface area contributed by atoms with Gasteiger partial charge < -0.3 is 30.9 Å². The highest BCUT2D eigenvalue weighted by molar-refractivity contribution is 6.03. The van der Waals surface area contributed by atoms with E-state index >= 15 is 0 Å². The fourth-order valence-corrected chi connectivity index (χ4v) is 4.20. The number of carbonyl (C=O) groups is 1. The molecule has 8 heteroatoms. The van der Waals surface area contributed by atoms with Gasteiger partial charge in [0, 0.05) is 47.7 Å². The van der Waals surface area contributed by atoms with Crippen LogP contribution in [0.3, 0.4) is 0 Å². The summed E-state index contributed by atoms with van der Waals surface area (Å²) in [6.07, 6.45) is 3.08. The first-order valence-electron chi connectivity index (χ1n) is 11.9. The first-order chi connectivity index (χ1) is 17.5. The molecule has 7 nitrogen and oxygen atoms in total. The number of aliphatic hydroxyl groups is 1. The number of carbonyl (C=O) groups excluding carboxylic acids is 1. The Morgan fingerprint density at radius 1 is 0.861 bits per heavy atom. The molecular weight excluding hydrogens is 457 g/mol. The lowest BCUT2D eigenvalue weighted by molar-refractivity contribution is 0.102. The zero-order chi connectivity index (χ0) is 24.9. The second-order valence-electron chi connectivity index (χ2n) is 8.82. The van der Waals surface area contributed by atoms with Gasteiger partial charge in [0.05, 0.1) is 11.8 Å². The number of amides is 1. The van der Waals surface area contributed by atoms with Crippen molar-refractivity contribution in [2.24, 2.45) is 0 Å². The predicted molar refractivity (Wildman–Crippen MR) is 142 cm³/mol. The third kappa shape index (κ3) is 5.67. The molecule has 1 amide bonds. The molecule has 2 heterocycles. The van der Waals surface area contributed by atoms with Crippen LogP contribution >= 0.6 is 0 Å². The molecule has 0 saturated carbocycles. The quantitative estimate of drug-likeness (QED) is 0.226. The van der Waals surface area contributed by atoms with Crippen molar-refractivity contribution in [3.05, 3.63) is 96.6 Å². The number of nitrogens with one attached hydrogen (secondary N) is 4. The molecule has 0 unspecified atom stereocenters. The van der Waals surface area contributed by atoms with Crippen LogP contribution in [0.15, 0.2) is 85.1 Å². The van der Waals surface area contributed by atoms with E-state index in [0.717, 1.165) is 48.7 Å². The van der Waals surface area contributed by atoms with Crippen LogP contribution in [0.25, 0.3) is 0 Å². The van der Waals surface area contributed by atoms with Crippen molar-refractivity contribution in [1.29, 1.82) is 0 Å². The van der Waals surface area contributed by atoms with Crippen LogP contribution in [0.1, 0.15) is 23.3 Å². The van der Waals surface area contributed by atoms with Gasteiger partial charge in [-0.3, -0.25) is 4.79 Å². The molecule has 5 rings (SSSR count). The van der Waals surface area contributed by atoms with Gasteiger partial charge in [0.15, 0.2) is 0 Å². The second kappa shape index (κ2) is 10.5. The average Bonchev–Trinajstić information content (AvgIpc) is 3.43. The molecule has 1 aliphatic heterocycles. The summed E-state index contributed by atoms with van der Waals surface area (Å²) in [7, 11) is 0. The van der Waals surface area contributed by atoms with E-state index in [1.807, 2.05) is 36.4 Å². The highest BCUT2D eigenvalue weighted by Gasteiger charge is 2.17. The van der Waals surface area contributed by atoms with Crippen LogP contribution in [0, 0.1) is 5.82 Å². The molecule has 0 atom stereocenters. The summed E-state index contributed by atoms with van der Waals surface area (Å²) in [6.45, 7) is 1.74. The maximum absolute atomic E-state index is 14.6. The smallest absolute Gasteiger partial charge is 0.272 e. The maximum Gasteiger partial charge on any atom is 0.272 e. The minimum Gasteiger partial charge on any atom is -0.393 e. The van der Waals surface area contributed by atoms with Gasteiger partial charge in [-0.25, -0.2) is 4.39 Å². The summed E-state index contributed by atoms with van der Waals surface area (Å²) in [5.41, 5.74) is 4.88. The van der Waals surface area contributed by atoms with Gasteiger partial charge in [-0.15, -0.1) is 0 Å². The van der Waals surface area contributed by atoms with Gasteiger partial charge in [-0.1, -0.05) is 0 Å². The highest BCUT2D eigenvalue weighted by Crippen LogP contribution is 2.27. The number of rotatable bonds is 7. The Balaban J connectivity index is 1.17. The standard InChI is InChI=1S/C28H28FN5O2/c29-25-18-22(33-28(36)27-2-1-15-30-27)9-12-26(25)32-21-5-3-19(4-6-21)31-20-7-10-23(11-8-20)34-16-13-24(35)14-17-34/h1-12,15,18,24,30-32,35H,13-14,16-17H2,(H,33,36). The van der Waals surface area contributed by atoms with Crippen LogP contribution in [-0.4, -0.2) is 35.2 Å². The summed E-state index contributed by atoms with van der Waals surface area (Å²) in [4.78, 5) is 17.2. The van der Waals surface area contributed by atoms with E-state index in [0.29, 0.717) is 17.1 Å². The minimum atomic E-state index is -0.468. The predicted octanol–water partition coefficient (Wildman–Crippen LogP) is 5.85. The van der Waals surface area contributed by atoms with Crippen molar-refractivity contribution in [3.63, 3.8) is 0 Å². The van der Waals surface area contributed by atoms with Crippen LogP contribution in [0.4, 0.5) is 38.5 Å². The number of aromatic amines is 1. The number of hydrogen-bond donors (Lipinski definition) is 5. The average molecular weight is 486 g/mol. The lowest BCUT2D eigenvalue weighted by atomic mass is 10.1. The number of benzene rings is 3. The summed E-state index contributed by atoms with van der Waals surface area (Å²) >= 11 is 0. The zero-order valence-corrected chi connectivity index (χ0v) is 19.7. The third-order valence-corrected chi connectivity index (χ3v) is 6.22. The molecular formula is C28H28FN5O2. The Morgan fingerprint density at radius 2 is 1.47 bits per heavy atom. The number of H-pyrrole nitrogens is 1. The van der Waals surface area contributed by atoms with Gasteiger partial charge in [-0.05, 0) is 91.7 Å². The van der Waals surface area contributed by atoms with Crippen molar-refractivity contribution in [2.45, 2.75) is 18.9 Å². The van der Waals surface area contributed by atoms with Crippen molar-refractivity contribution in [2.75, 3.05) is 33.9 Å². The first kappa shape index (κ1) is 23.4. The Labute approximate surface area is 209 Å². The number of anilines is 6. The molecule has 1 aliphatic rings. The van der Waals surface area contributed by atoms with E-state index < -0.39 is 5.82 Å². The van der Waals surface area contributed by atoms with E-state index in [2.05, 4.69) is 38.0 Å². The van der Waals surface area contributed by atoms with E-state index in [1.54, 1.807) is 30.5 Å². The van der Waals surface area contributed by atoms with Crippen LogP contribution in [0.5, 0.6) is 0 Å². The first-order valence-corrected chi connectivity index (χ1v) is 11.9. The van der Waals surface area contributed by atoms with Gasteiger partial charge in [0.1, 0.15) is 11.5 Å². The fourth-order valence-electron chi connectivity index (χ4n) is 4.20. The summed E-state index contributed by atoms with van der Waals surface area (Å²) in [5, 5.41) is 18.8. The Morgan fingerprint density at radius 3 is 2.08 bits per heavy atom. The molecule has 36 heavy (non-hydrogen) atoms. The number of hydrogen-bond acceptors (Lipinski definition) is 5. The largest absolute Gasteiger partial charge is 0.393 e. The van der Waals surface area contributed by atoms with Crippen molar-refractivity contribution in [3.8, 4) is 0 Å². The molecule has 184 valence electrons. The van der Waals surface area contributed by atoms with E-state index in [-0.39, 0.29) is 12.0 Å². The van der Waals surface area contributed by atoms with Crippen LogP contribution < -0.4 is 20.9 Å². The second-order valence-corrected chi connectivity index (χ2v) is 8.82. The summed E-state index contributed by atoms with van der Waals surface area (Å²) in [5.74, 6) is -0.797. The summed E-state index contributed by atoms with van der Waals surface area (Å²) < 4.78 is 14.6. The molecule has 1 fully saturated rings. The summed E-state index contributed by atoms with van der Waals surface area (Å²) in [6, 6.07) is 23.7. The molecule has 4 aromatic rings. The molecule has 1 aromatic heterocycles. The number of aliphatic hydroxyl groups excluding tert-OH is 1. The molecule has 5 N–H and O–H groups in total. The van der Waals surface area contributed by atoms with Gasteiger partial charge in [0.2, 0.25) is 0 Å². The van der Waals surface area contributed by atoms with Crippen molar-refractivity contribution in [1.82, 2.24) is 4.98 Å². The van der Waals surface area contributed by atoms with E-state index in [1.165, 1.54) is 6.07 Å². The maximum atomic E-state index is 14.6. The molecule has 0 spiro atoms. The number of aromatic nitrogens is 1. The van der Waals surface area contributed by atoms with Crippen molar-refractivity contribution < 1.29 is 14.3 Å². The molecule has 0 radical (unpaired) electrons. The van der Waals surface area contributed by atoms with Crippen LogP contribution in [0.2, 0.25) is 0 Å². The lowest BCUT2D eigenvalue weighted by Crippen LogP contribution is -2.35. The monoisotopic (exact) mass is 485 g/mol. The topological polar surface area (TPSA) is 92.4 Å². The third-order valence-electron chi connectivity index (χ3n) is 6.22. The lowest BCUT2D eigenvalue weighted by Gasteiger charge is -2.31. The Bertz CT molecular complexity index is 1300. The van der Waals surface area contributed by atoms with Crippen LogP contribution in [-0.2, 0) is 0 Å². The fraction of sp³-hybridized carbons (Fsp3) is 0.179. The van der Waals surface area contributed by atoms with Crippen molar-refractivity contribution >= 4 is 40.0 Å². The van der Waals surface area contributed by atoms with Gasteiger partial charge in [-0.2, -0.15) is 0 Å². The normalized spacial score (nSPS) is 13.9. The Hall–Kier alpha value is -4.30. The molecule has 1 saturated heterocycles.